The number of aryl methyl sites for hydroxylation is 1. The quantitative estimate of drug-likeness (QED) is 0.849. The lowest BCUT2D eigenvalue weighted by atomic mass is 9.90. The van der Waals surface area contributed by atoms with Crippen molar-refractivity contribution in [2.45, 2.75) is 58.4 Å². The first-order valence-corrected chi connectivity index (χ1v) is 8.62. The van der Waals surface area contributed by atoms with Crippen LogP contribution in [0.25, 0.3) is 11.1 Å². The van der Waals surface area contributed by atoms with Crippen molar-refractivity contribution in [1.82, 2.24) is 15.5 Å². The lowest BCUT2D eigenvalue weighted by Gasteiger charge is -2.31. The van der Waals surface area contributed by atoms with Crippen molar-refractivity contribution in [1.29, 1.82) is 0 Å². The molecule has 6 heteroatoms. The smallest absolute Gasteiger partial charge is 0.259 e. The van der Waals surface area contributed by atoms with Gasteiger partial charge in [0.1, 0.15) is 0 Å². The molecule has 130 valence electrons. The van der Waals surface area contributed by atoms with Crippen LogP contribution in [-0.2, 0) is 0 Å². The number of hydrogen-bond donors (Lipinski definition) is 2. The highest BCUT2D eigenvalue weighted by Crippen LogP contribution is 2.40. The minimum atomic E-state index is -0.439. The molecule has 0 saturated heterocycles. The summed E-state index contributed by atoms with van der Waals surface area (Å²) in [7, 11) is 0. The molecule has 2 heterocycles. The first kappa shape index (κ1) is 16.9. The zero-order valence-electron chi connectivity index (χ0n) is 14.8. The Hall–Kier alpha value is -1.95. The number of pyridine rings is 1. The number of fused-ring (bicyclic) bond motifs is 1. The van der Waals surface area contributed by atoms with Gasteiger partial charge in [0.25, 0.3) is 11.6 Å². The fourth-order valence-corrected chi connectivity index (χ4v) is 3.31. The standard InChI is InChI=1S/C18H26N4O2/c1-10(2)8-18(4,9-19)21-16(23)13-7-14(12-5-6-12)20-17-15(13)11(3)22-24-17/h7,10,12H,5-6,8-9,19H2,1-4H3,(H,21,23). The fraction of sp³-hybridized carbons (Fsp3) is 0.611. The van der Waals surface area contributed by atoms with Gasteiger partial charge in [0, 0.05) is 23.7 Å². The Labute approximate surface area is 142 Å². The summed E-state index contributed by atoms with van der Waals surface area (Å²) in [6, 6.07) is 1.89. The monoisotopic (exact) mass is 330 g/mol. The van der Waals surface area contributed by atoms with E-state index in [-0.39, 0.29) is 5.91 Å². The summed E-state index contributed by atoms with van der Waals surface area (Å²) >= 11 is 0. The van der Waals surface area contributed by atoms with E-state index in [9.17, 15) is 4.79 Å². The van der Waals surface area contributed by atoms with Gasteiger partial charge in [0.2, 0.25) is 0 Å². The molecule has 6 nitrogen and oxygen atoms in total. The van der Waals surface area contributed by atoms with Gasteiger partial charge in [-0.1, -0.05) is 19.0 Å². The van der Waals surface area contributed by atoms with Gasteiger partial charge in [-0.3, -0.25) is 4.79 Å². The van der Waals surface area contributed by atoms with Crippen LogP contribution in [0.4, 0.5) is 0 Å². The number of nitrogens with two attached hydrogens (primary N) is 1. The van der Waals surface area contributed by atoms with Gasteiger partial charge in [-0.25, -0.2) is 4.98 Å². The summed E-state index contributed by atoms with van der Waals surface area (Å²) in [6.45, 7) is 8.46. The number of aromatic nitrogens is 2. The lowest BCUT2D eigenvalue weighted by molar-refractivity contribution is 0.0899. The molecule has 1 unspecified atom stereocenters. The molecule has 0 bridgehead atoms. The number of rotatable bonds is 6. The highest BCUT2D eigenvalue weighted by Gasteiger charge is 2.31. The van der Waals surface area contributed by atoms with Crippen LogP contribution in [0, 0.1) is 12.8 Å². The lowest BCUT2D eigenvalue weighted by Crippen LogP contribution is -2.52. The molecule has 24 heavy (non-hydrogen) atoms. The third-order valence-corrected chi connectivity index (χ3v) is 4.60. The number of nitrogens with zero attached hydrogens (tertiary/aromatic N) is 2. The molecule has 1 atom stereocenters. The molecule has 1 aliphatic carbocycles. The van der Waals surface area contributed by atoms with Crippen molar-refractivity contribution in [3.63, 3.8) is 0 Å². The van der Waals surface area contributed by atoms with E-state index < -0.39 is 5.54 Å². The maximum absolute atomic E-state index is 13.0. The Bertz CT molecular complexity index is 764. The van der Waals surface area contributed by atoms with E-state index in [2.05, 4.69) is 29.3 Å². The maximum Gasteiger partial charge on any atom is 0.259 e. The highest BCUT2D eigenvalue weighted by atomic mass is 16.5. The molecular formula is C18H26N4O2. The van der Waals surface area contributed by atoms with Gasteiger partial charge in [-0.2, -0.15) is 0 Å². The van der Waals surface area contributed by atoms with Gasteiger partial charge < -0.3 is 15.6 Å². The SMILES string of the molecule is Cc1noc2nc(C3CC3)cc(C(=O)NC(C)(CN)CC(C)C)c12. The van der Waals surface area contributed by atoms with E-state index in [4.69, 9.17) is 10.3 Å². The summed E-state index contributed by atoms with van der Waals surface area (Å²) in [5.74, 6) is 0.739. The number of hydrogen-bond acceptors (Lipinski definition) is 5. The Balaban J connectivity index is 1.97. The van der Waals surface area contributed by atoms with Crippen molar-refractivity contribution < 1.29 is 9.32 Å². The van der Waals surface area contributed by atoms with Crippen molar-refractivity contribution >= 4 is 17.0 Å². The van der Waals surface area contributed by atoms with Gasteiger partial charge >= 0.3 is 0 Å². The van der Waals surface area contributed by atoms with Crippen LogP contribution in [0.15, 0.2) is 10.6 Å². The van der Waals surface area contributed by atoms with Crippen molar-refractivity contribution in [2.75, 3.05) is 6.54 Å². The number of carbonyl (C=O) groups is 1. The average Bonchev–Trinajstić information content (AvgIpc) is 3.30. The minimum Gasteiger partial charge on any atom is -0.346 e. The highest BCUT2D eigenvalue weighted by molar-refractivity contribution is 6.06. The molecule has 3 rings (SSSR count). The number of amides is 1. The number of nitrogens with one attached hydrogen (secondary N) is 1. The molecule has 1 aliphatic rings. The summed E-state index contributed by atoms with van der Waals surface area (Å²) < 4.78 is 5.31. The fourth-order valence-electron chi connectivity index (χ4n) is 3.31. The topological polar surface area (TPSA) is 94.0 Å². The van der Waals surface area contributed by atoms with Crippen LogP contribution < -0.4 is 11.1 Å². The largest absolute Gasteiger partial charge is 0.346 e. The Morgan fingerprint density at radius 1 is 1.50 bits per heavy atom. The first-order valence-electron chi connectivity index (χ1n) is 8.62. The predicted molar refractivity (Wildman–Crippen MR) is 92.9 cm³/mol. The van der Waals surface area contributed by atoms with Crippen LogP contribution in [0.2, 0.25) is 0 Å². The second-order valence-corrected chi connectivity index (χ2v) is 7.63. The normalized spacial score (nSPS) is 17.2. The summed E-state index contributed by atoms with van der Waals surface area (Å²) in [5.41, 5.74) is 8.13. The maximum atomic E-state index is 13.0. The summed E-state index contributed by atoms with van der Waals surface area (Å²) in [5, 5.41) is 7.80. The molecule has 0 aliphatic heterocycles. The second-order valence-electron chi connectivity index (χ2n) is 7.63. The number of carbonyl (C=O) groups excluding carboxylic acids is 1. The Morgan fingerprint density at radius 3 is 2.79 bits per heavy atom. The van der Waals surface area contributed by atoms with E-state index in [1.807, 2.05) is 19.9 Å². The molecule has 1 saturated carbocycles. The summed E-state index contributed by atoms with van der Waals surface area (Å²) in [4.78, 5) is 17.5. The first-order chi connectivity index (χ1) is 11.3. The molecule has 0 radical (unpaired) electrons. The molecule has 2 aromatic heterocycles. The predicted octanol–water partition coefficient (Wildman–Crippen LogP) is 2.90. The molecule has 3 N–H and O–H groups in total. The van der Waals surface area contributed by atoms with Gasteiger partial charge in [0.05, 0.1) is 16.6 Å². The third kappa shape index (κ3) is 3.29. The van der Waals surface area contributed by atoms with E-state index in [0.717, 1.165) is 25.0 Å². The van der Waals surface area contributed by atoms with Gasteiger partial charge in [-0.05, 0) is 45.1 Å². The van der Waals surface area contributed by atoms with Crippen molar-refractivity contribution in [2.24, 2.45) is 11.7 Å². The zero-order valence-corrected chi connectivity index (χ0v) is 14.8. The molecule has 0 spiro atoms. The Kier molecular flexibility index (Phi) is 4.34. The Morgan fingerprint density at radius 2 is 2.21 bits per heavy atom. The van der Waals surface area contributed by atoms with Crippen LogP contribution >= 0.6 is 0 Å². The molecule has 0 aromatic carbocycles. The van der Waals surface area contributed by atoms with Crippen molar-refractivity contribution in [3.8, 4) is 0 Å². The van der Waals surface area contributed by atoms with Crippen LogP contribution in [-0.4, -0.2) is 28.1 Å². The van der Waals surface area contributed by atoms with E-state index in [1.54, 1.807) is 0 Å². The van der Waals surface area contributed by atoms with Crippen LogP contribution in [0.1, 0.15) is 67.7 Å². The third-order valence-electron chi connectivity index (χ3n) is 4.60. The van der Waals surface area contributed by atoms with Gasteiger partial charge in [-0.15, -0.1) is 0 Å². The van der Waals surface area contributed by atoms with Crippen molar-refractivity contribution in [3.05, 3.63) is 23.0 Å². The second kappa shape index (κ2) is 6.16. The summed E-state index contributed by atoms with van der Waals surface area (Å²) in [6.07, 6.45) is 3.04. The zero-order chi connectivity index (χ0) is 17.5. The van der Waals surface area contributed by atoms with E-state index in [0.29, 0.717) is 40.7 Å². The molecule has 1 fully saturated rings. The molecule has 2 aromatic rings. The van der Waals surface area contributed by atoms with Crippen LogP contribution in [0.5, 0.6) is 0 Å². The van der Waals surface area contributed by atoms with E-state index in [1.165, 1.54) is 0 Å². The van der Waals surface area contributed by atoms with Crippen LogP contribution in [0.3, 0.4) is 0 Å². The minimum absolute atomic E-state index is 0.135. The van der Waals surface area contributed by atoms with Gasteiger partial charge in [0.15, 0.2) is 0 Å². The molecular weight excluding hydrogens is 304 g/mol. The average molecular weight is 330 g/mol. The van der Waals surface area contributed by atoms with E-state index >= 15 is 0 Å². The molecule has 1 amide bonds.